The van der Waals surface area contributed by atoms with Crippen LogP contribution in [0.3, 0.4) is 0 Å². The topological polar surface area (TPSA) is 88.1 Å². The van der Waals surface area contributed by atoms with E-state index in [4.69, 9.17) is 15.9 Å². The first kappa shape index (κ1) is 16.1. The zero-order chi connectivity index (χ0) is 17.4. The molecule has 1 saturated carbocycles. The van der Waals surface area contributed by atoms with Gasteiger partial charge in [0.1, 0.15) is 17.7 Å². The summed E-state index contributed by atoms with van der Waals surface area (Å²) in [4.78, 5) is 11.0. The lowest BCUT2D eigenvalue weighted by molar-refractivity contribution is 0.101. The smallest absolute Gasteiger partial charge is 0.132 e. The third-order valence-electron chi connectivity index (χ3n) is 5.31. The Kier molecular flexibility index (Phi) is 3.98. The van der Waals surface area contributed by atoms with Crippen molar-refractivity contribution in [2.75, 3.05) is 18.0 Å². The Morgan fingerprint density at radius 2 is 2.04 bits per heavy atom. The maximum atomic E-state index is 8.65. The molecular weight excluding hydrogens is 314 g/mol. The first-order chi connectivity index (χ1) is 12.0. The number of ether oxygens (including phenoxy) is 1. The van der Waals surface area contributed by atoms with Gasteiger partial charge in [-0.1, -0.05) is 0 Å². The number of hydrogen-bond donors (Lipinski definition) is 2. The van der Waals surface area contributed by atoms with Crippen molar-refractivity contribution in [2.24, 2.45) is 11.7 Å². The lowest BCUT2D eigenvalue weighted by Crippen LogP contribution is -2.27. The molecule has 0 bridgehead atoms. The van der Waals surface area contributed by atoms with E-state index in [1.807, 2.05) is 18.2 Å². The average Bonchev–Trinajstić information content (AvgIpc) is 3.12. The van der Waals surface area contributed by atoms with Gasteiger partial charge in [0.2, 0.25) is 0 Å². The molecule has 1 unspecified atom stereocenters. The van der Waals surface area contributed by atoms with E-state index in [0.29, 0.717) is 23.5 Å². The van der Waals surface area contributed by atoms with Crippen molar-refractivity contribution in [1.29, 1.82) is 5.41 Å². The maximum absolute atomic E-state index is 8.65. The molecule has 4 rings (SSSR count). The molecule has 0 spiro atoms. The molecule has 0 radical (unpaired) electrons. The fourth-order valence-electron chi connectivity index (χ4n) is 3.42. The van der Waals surface area contributed by atoms with E-state index >= 15 is 0 Å². The van der Waals surface area contributed by atoms with Crippen molar-refractivity contribution in [3.8, 4) is 0 Å². The standard InChI is InChI=1S/C19H25N5O/c1-19(6-7-19)25-13-4-5-15(20)14(10-13)18(21)16-11-17(23-12-22-16)24-8-2-3-9-24/h4-5,11-12,14,21H,2-3,6-10,20H2,1H3. The molecule has 2 heterocycles. The summed E-state index contributed by atoms with van der Waals surface area (Å²) < 4.78 is 6.08. The van der Waals surface area contributed by atoms with Gasteiger partial charge >= 0.3 is 0 Å². The van der Waals surface area contributed by atoms with Gasteiger partial charge in [0.25, 0.3) is 0 Å². The van der Waals surface area contributed by atoms with E-state index in [-0.39, 0.29) is 11.5 Å². The summed E-state index contributed by atoms with van der Waals surface area (Å²) in [6, 6.07) is 1.92. The van der Waals surface area contributed by atoms with E-state index in [0.717, 1.165) is 37.5 Å². The van der Waals surface area contributed by atoms with Crippen molar-refractivity contribution in [3.05, 3.63) is 41.7 Å². The minimum Gasteiger partial charge on any atom is -0.492 e. The number of rotatable bonds is 5. The predicted molar refractivity (Wildman–Crippen MR) is 97.5 cm³/mol. The SMILES string of the molecule is CC1(OC2=CC=C(N)C(C(=N)c3cc(N4CCCC4)ncn3)C2)CC1. The van der Waals surface area contributed by atoms with Gasteiger partial charge in [-0.25, -0.2) is 9.97 Å². The van der Waals surface area contributed by atoms with Gasteiger partial charge in [-0.15, -0.1) is 0 Å². The maximum Gasteiger partial charge on any atom is 0.132 e. The fraction of sp³-hybridized carbons (Fsp3) is 0.526. The van der Waals surface area contributed by atoms with Crippen LogP contribution in [0.2, 0.25) is 0 Å². The molecule has 6 heteroatoms. The van der Waals surface area contributed by atoms with Crippen LogP contribution >= 0.6 is 0 Å². The Morgan fingerprint density at radius 3 is 2.76 bits per heavy atom. The Bertz CT molecular complexity index is 744. The lowest BCUT2D eigenvalue weighted by atomic mass is 9.89. The van der Waals surface area contributed by atoms with Crippen LogP contribution in [0.25, 0.3) is 0 Å². The summed E-state index contributed by atoms with van der Waals surface area (Å²) in [7, 11) is 0. The number of allylic oxidation sites excluding steroid dienone is 4. The van der Waals surface area contributed by atoms with Crippen molar-refractivity contribution in [3.63, 3.8) is 0 Å². The summed E-state index contributed by atoms with van der Waals surface area (Å²) in [5.74, 6) is 1.63. The predicted octanol–water partition coefficient (Wildman–Crippen LogP) is 2.76. The molecule has 6 nitrogen and oxygen atoms in total. The highest BCUT2D eigenvalue weighted by atomic mass is 16.5. The second-order valence-electron chi connectivity index (χ2n) is 7.48. The molecular formula is C19H25N5O. The summed E-state index contributed by atoms with van der Waals surface area (Å²) in [6.07, 6.45) is 10.6. The van der Waals surface area contributed by atoms with Crippen LogP contribution < -0.4 is 10.6 Å². The second-order valence-corrected chi connectivity index (χ2v) is 7.48. The number of nitrogens with zero attached hydrogens (tertiary/aromatic N) is 3. The third kappa shape index (κ3) is 3.38. The van der Waals surface area contributed by atoms with Crippen LogP contribution in [0.4, 0.5) is 5.82 Å². The lowest BCUT2D eigenvalue weighted by Gasteiger charge is -2.26. The molecule has 1 saturated heterocycles. The van der Waals surface area contributed by atoms with Gasteiger partial charge in [0, 0.05) is 37.2 Å². The third-order valence-corrected chi connectivity index (χ3v) is 5.31. The van der Waals surface area contributed by atoms with Gasteiger partial charge in [-0.3, -0.25) is 0 Å². The van der Waals surface area contributed by atoms with Crippen LogP contribution in [-0.4, -0.2) is 34.4 Å². The highest BCUT2D eigenvalue weighted by Crippen LogP contribution is 2.42. The molecule has 0 aromatic carbocycles. The van der Waals surface area contributed by atoms with Crippen LogP contribution in [0.15, 0.2) is 36.0 Å². The van der Waals surface area contributed by atoms with Crippen LogP contribution in [0.5, 0.6) is 0 Å². The van der Waals surface area contributed by atoms with Gasteiger partial charge in [0.05, 0.1) is 17.2 Å². The monoisotopic (exact) mass is 339 g/mol. The molecule has 1 aromatic heterocycles. The summed E-state index contributed by atoms with van der Waals surface area (Å²) in [5, 5.41) is 8.65. The fourth-order valence-corrected chi connectivity index (χ4v) is 3.42. The first-order valence-electron chi connectivity index (χ1n) is 9.05. The van der Waals surface area contributed by atoms with Crippen molar-refractivity contribution in [1.82, 2.24) is 9.97 Å². The van der Waals surface area contributed by atoms with Crippen LogP contribution in [0, 0.1) is 11.3 Å². The second kappa shape index (κ2) is 6.17. The molecule has 25 heavy (non-hydrogen) atoms. The Balaban J connectivity index is 1.51. The van der Waals surface area contributed by atoms with Crippen molar-refractivity contribution in [2.45, 2.75) is 44.6 Å². The molecule has 3 N–H and O–H groups in total. The largest absolute Gasteiger partial charge is 0.492 e. The first-order valence-corrected chi connectivity index (χ1v) is 9.05. The van der Waals surface area contributed by atoms with Crippen LogP contribution in [-0.2, 0) is 4.74 Å². The molecule has 2 aliphatic carbocycles. The quantitative estimate of drug-likeness (QED) is 0.805. The molecule has 132 valence electrons. The molecule has 1 aliphatic heterocycles. The zero-order valence-corrected chi connectivity index (χ0v) is 14.7. The molecule has 1 atom stereocenters. The van der Waals surface area contributed by atoms with Gasteiger partial charge in [-0.2, -0.15) is 0 Å². The molecule has 3 aliphatic rings. The van der Waals surface area contributed by atoms with E-state index in [9.17, 15) is 0 Å². The van der Waals surface area contributed by atoms with E-state index in [2.05, 4.69) is 21.8 Å². The van der Waals surface area contributed by atoms with E-state index in [1.54, 1.807) is 6.33 Å². The van der Waals surface area contributed by atoms with Gasteiger partial charge in [-0.05, 0) is 44.8 Å². The summed E-state index contributed by atoms with van der Waals surface area (Å²) in [5.41, 5.74) is 7.95. The number of hydrogen-bond acceptors (Lipinski definition) is 6. The minimum absolute atomic E-state index is 0.0175. The van der Waals surface area contributed by atoms with Gasteiger partial charge in [0.15, 0.2) is 0 Å². The van der Waals surface area contributed by atoms with Crippen molar-refractivity contribution >= 4 is 11.5 Å². The highest BCUT2D eigenvalue weighted by molar-refractivity contribution is 6.00. The molecule has 2 fully saturated rings. The Morgan fingerprint density at radius 1 is 1.28 bits per heavy atom. The molecule has 0 amide bonds. The summed E-state index contributed by atoms with van der Waals surface area (Å²) >= 11 is 0. The molecule has 1 aromatic rings. The number of aromatic nitrogens is 2. The van der Waals surface area contributed by atoms with E-state index in [1.165, 1.54) is 12.8 Å². The van der Waals surface area contributed by atoms with E-state index < -0.39 is 0 Å². The normalized spacial score (nSPS) is 24.5. The Hall–Kier alpha value is -2.37. The number of anilines is 1. The average molecular weight is 339 g/mol. The van der Waals surface area contributed by atoms with Crippen molar-refractivity contribution < 1.29 is 4.74 Å². The van der Waals surface area contributed by atoms with Crippen LogP contribution in [0.1, 0.15) is 44.7 Å². The number of nitrogens with one attached hydrogen (secondary N) is 1. The Labute approximate surface area is 148 Å². The highest BCUT2D eigenvalue weighted by Gasteiger charge is 2.41. The number of nitrogens with two attached hydrogens (primary N) is 1. The van der Waals surface area contributed by atoms with Gasteiger partial charge < -0.3 is 20.8 Å². The zero-order valence-electron chi connectivity index (χ0n) is 14.7. The summed E-state index contributed by atoms with van der Waals surface area (Å²) in [6.45, 7) is 4.17. The minimum atomic E-state index is -0.191.